The van der Waals surface area contributed by atoms with Crippen LogP contribution in [0.2, 0.25) is 0 Å². The van der Waals surface area contributed by atoms with Crippen LogP contribution in [-0.4, -0.2) is 82.4 Å². The lowest BCUT2D eigenvalue weighted by Crippen LogP contribution is -2.76. The van der Waals surface area contributed by atoms with Gasteiger partial charge in [-0.05, 0) is 61.1 Å². The smallest absolute Gasteiger partial charge is 0.416 e. The molecule has 3 heterocycles. The number of piperidine rings is 1. The fraction of sp³-hybridized carbons (Fsp3) is 0.368. The second-order valence-electron chi connectivity index (χ2n) is 12.9. The lowest BCUT2D eigenvalue weighted by molar-refractivity contribution is -0.170. The number of carbonyl (C=O) groups excluding carboxylic acids is 4. The summed E-state index contributed by atoms with van der Waals surface area (Å²) in [4.78, 5) is 60.6. The minimum atomic E-state index is -4.59. The van der Waals surface area contributed by atoms with Crippen LogP contribution in [0, 0.1) is 0 Å². The van der Waals surface area contributed by atoms with Crippen LogP contribution in [0.25, 0.3) is 6.08 Å². The van der Waals surface area contributed by atoms with Gasteiger partial charge in [-0.15, -0.1) is 0 Å². The van der Waals surface area contributed by atoms with Gasteiger partial charge >= 0.3 is 12.3 Å². The number of nitrogens with two attached hydrogens (primary N) is 1. The molecule has 3 saturated heterocycles. The number of likely N-dealkylation sites (tertiary alicyclic amines) is 2. The van der Waals surface area contributed by atoms with Gasteiger partial charge in [0.05, 0.1) is 17.6 Å². The molecule has 0 aliphatic carbocycles. The first-order chi connectivity index (χ1) is 24.6. The van der Waals surface area contributed by atoms with E-state index >= 15 is 0 Å². The van der Waals surface area contributed by atoms with Gasteiger partial charge in [-0.25, -0.2) is 4.79 Å². The highest BCUT2D eigenvalue weighted by molar-refractivity contribution is 6.10. The first kappa shape index (κ1) is 35.6. The fourth-order valence-corrected chi connectivity index (χ4v) is 7.18. The molecule has 0 spiro atoms. The van der Waals surface area contributed by atoms with E-state index in [9.17, 15) is 32.3 Å². The van der Waals surface area contributed by atoms with Gasteiger partial charge in [0.25, 0.3) is 11.8 Å². The van der Waals surface area contributed by atoms with E-state index in [2.05, 4.69) is 5.32 Å². The molecule has 0 radical (unpaired) electrons. The molecule has 268 valence electrons. The highest BCUT2D eigenvalue weighted by Gasteiger charge is 2.60. The number of β-lactam (4-membered cyclic amide) rings is 1. The minimum Gasteiger partial charge on any atom is -0.447 e. The third kappa shape index (κ3) is 7.63. The van der Waals surface area contributed by atoms with Crippen molar-refractivity contribution in [3.8, 4) is 0 Å². The summed E-state index contributed by atoms with van der Waals surface area (Å²) < 4.78 is 45.8. The molecule has 13 heteroatoms. The van der Waals surface area contributed by atoms with Crippen LogP contribution < -0.4 is 11.1 Å². The van der Waals surface area contributed by atoms with Gasteiger partial charge in [-0.3, -0.25) is 19.3 Å². The van der Waals surface area contributed by atoms with Crippen molar-refractivity contribution in [1.29, 1.82) is 0 Å². The Labute approximate surface area is 294 Å². The van der Waals surface area contributed by atoms with Crippen LogP contribution >= 0.6 is 0 Å². The molecule has 0 saturated carbocycles. The topological polar surface area (TPSA) is 125 Å². The number of hydrogen-bond donors (Lipinski definition) is 2. The Bertz CT molecular complexity index is 1750. The van der Waals surface area contributed by atoms with E-state index in [0.717, 1.165) is 29.7 Å². The lowest BCUT2D eigenvalue weighted by Gasteiger charge is -2.52. The van der Waals surface area contributed by atoms with Gasteiger partial charge in [0.15, 0.2) is 6.04 Å². The van der Waals surface area contributed by atoms with E-state index in [1.54, 1.807) is 17.1 Å². The van der Waals surface area contributed by atoms with Crippen LogP contribution in [0.3, 0.4) is 0 Å². The number of alkyl halides is 3. The maximum absolute atomic E-state index is 14.6. The summed E-state index contributed by atoms with van der Waals surface area (Å²) in [5.74, 6) is -2.08. The van der Waals surface area contributed by atoms with E-state index < -0.39 is 59.7 Å². The van der Waals surface area contributed by atoms with E-state index in [-0.39, 0.29) is 24.8 Å². The van der Waals surface area contributed by atoms with Crippen molar-refractivity contribution in [3.63, 3.8) is 0 Å². The maximum Gasteiger partial charge on any atom is 0.416 e. The molecular weight excluding hydrogens is 663 g/mol. The number of nitrogens with one attached hydrogen (secondary N) is 1. The zero-order valence-electron chi connectivity index (χ0n) is 27.9. The van der Waals surface area contributed by atoms with Crippen molar-refractivity contribution in [3.05, 3.63) is 113 Å². The number of rotatable bonds is 11. The van der Waals surface area contributed by atoms with Gasteiger partial charge in [-0.2, -0.15) is 13.2 Å². The van der Waals surface area contributed by atoms with Crippen LogP contribution in [0.4, 0.5) is 18.0 Å². The summed E-state index contributed by atoms with van der Waals surface area (Å²) in [7, 11) is 0. The van der Waals surface area contributed by atoms with Crippen molar-refractivity contribution in [2.24, 2.45) is 5.73 Å². The van der Waals surface area contributed by atoms with E-state index in [1.807, 2.05) is 60.7 Å². The molecule has 3 aliphatic rings. The Hall–Kier alpha value is -5.17. The second-order valence-corrected chi connectivity index (χ2v) is 12.9. The predicted molar refractivity (Wildman–Crippen MR) is 182 cm³/mol. The third-order valence-electron chi connectivity index (χ3n) is 9.72. The second kappa shape index (κ2) is 15.4. The minimum absolute atomic E-state index is 0.0100. The molecule has 3 aliphatic heterocycles. The predicted octanol–water partition coefficient (Wildman–Crippen LogP) is 4.91. The Morgan fingerprint density at radius 3 is 2.41 bits per heavy atom. The summed E-state index contributed by atoms with van der Waals surface area (Å²) in [5, 5.41) is 2.63. The van der Waals surface area contributed by atoms with E-state index in [4.69, 9.17) is 10.5 Å². The fourth-order valence-electron chi connectivity index (χ4n) is 7.18. The molecule has 0 bridgehead atoms. The molecule has 4 amide bonds. The quantitative estimate of drug-likeness (QED) is 0.216. The Balaban J connectivity index is 1.37. The Kier molecular flexibility index (Phi) is 10.8. The lowest BCUT2D eigenvalue weighted by atomic mass is 9.87. The van der Waals surface area contributed by atoms with Crippen LogP contribution in [0.15, 0.2) is 91.0 Å². The molecule has 3 N–H and O–H groups in total. The zero-order chi connectivity index (χ0) is 36.1. The van der Waals surface area contributed by atoms with Crippen molar-refractivity contribution in [2.75, 3.05) is 19.7 Å². The number of amides is 4. The summed E-state index contributed by atoms with van der Waals surface area (Å²) in [6, 6.07) is 18.3. The van der Waals surface area contributed by atoms with Crippen molar-refractivity contribution in [1.82, 2.24) is 20.0 Å². The van der Waals surface area contributed by atoms with Gasteiger partial charge in [0.1, 0.15) is 12.6 Å². The monoisotopic (exact) mass is 703 g/mol. The average molecular weight is 704 g/mol. The van der Waals surface area contributed by atoms with Crippen molar-refractivity contribution in [2.45, 2.75) is 68.6 Å². The highest BCUT2D eigenvalue weighted by atomic mass is 19.4. The van der Waals surface area contributed by atoms with Gasteiger partial charge < -0.3 is 25.6 Å². The molecule has 0 aromatic heterocycles. The Morgan fingerprint density at radius 2 is 1.71 bits per heavy atom. The molecule has 3 aromatic rings. The molecular formula is C38H40F3N5O5. The van der Waals surface area contributed by atoms with Gasteiger partial charge in [-0.1, -0.05) is 84.9 Å². The molecule has 2 unspecified atom stereocenters. The molecule has 3 aromatic carbocycles. The molecule has 51 heavy (non-hydrogen) atoms. The van der Waals surface area contributed by atoms with Gasteiger partial charge in [0, 0.05) is 19.1 Å². The highest BCUT2D eigenvalue weighted by Crippen LogP contribution is 2.39. The zero-order valence-corrected chi connectivity index (χ0v) is 27.9. The maximum atomic E-state index is 14.6. The van der Waals surface area contributed by atoms with Crippen LogP contribution in [0.5, 0.6) is 0 Å². The van der Waals surface area contributed by atoms with E-state index in [0.29, 0.717) is 32.4 Å². The largest absolute Gasteiger partial charge is 0.447 e. The van der Waals surface area contributed by atoms with Crippen LogP contribution in [-0.2, 0) is 31.8 Å². The third-order valence-corrected chi connectivity index (χ3v) is 9.72. The summed E-state index contributed by atoms with van der Waals surface area (Å²) in [6.45, 7) is 0.358. The number of halogens is 3. The first-order valence-electron chi connectivity index (χ1n) is 17.1. The first-order valence-corrected chi connectivity index (χ1v) is 17.1. The molecule has 10 nitrogen and oxygen atoms in total. The van der Waals surface area contributed by atoms with Crippen molar-refractivity contribution >= 4 is 29.9 Å². The molecule has 6 rings (SSSR count). The molecule has 3 fully saturated rings. The normalized spacial score (nSPS) is 22.9. The van der Waals surface area contributed by atoms with E-state index in [1.165, 1.54) is 21.9 Å². The average Bonchev–Trinajstić information content (AvgIpc) is 3.51. The number of ether oxygens (including phenoxy) is 1. The summed E-state index contributed by atoms with van der Waals surface area (Å²) in [5.41, 5.74) is 6.72. The number of benzene rings is 3. The summed E-state index contributed by atoms with van der Waals surface area (Å²) >= 11 is 0. The summed E-state index contributed by atoms with van der Waals surface area (Å²) in [6.07, 6.45) is 0.903. The Morgan fingerprint density at radius 1 is 0.980 bits per heavy atom. The number of carbonyl (C=O) groups is 4. The van der Waals surface area contributed by atoms with Crippen molar-refractivity contribution < 1.29 is 37.1 Å². The van der Waals surface area contributed by atoms with Crippen LogP contribution in [0.1, 0.15) is 54.0 Å². The number of nitrogens with zero attached hydrogens (tertiary/aromatic N) is 3. The number of cyclic esters (lactones) is 1. The van der Waals surface area contributed by atoms with Gasteiger partial charge in [0.2, 0.25) is 5.91 Å². The molecule has 5 atom stereocenters. The standard InChI is InChI=1S/C38H40F3N5O5/c39-38(40,41)28-15-9-12-26(22-28)23-43-34(47)33(35(48)44-21-8-7-16-29(44)19-20-42)45-30(18-17-25-10-3-1-4-11-25)32(36(45)49)46-31(24-51-37(46)50)27-13-5-2-6-14-27/h1-6,9-15,17-18,22,29-33H,7-8,16,19-21,23-24,42H2,(H,43,47)/b18-17+/t29?,30-,31-,32+,33?/m1/s1. The SMILES string of the molecule is NCCC1CCCCN1C(=O)C(C(=O)NCc1cccc(C(F)(F)F)c1)N1C(=O)[C@@H](N2C(=O)OC[C@@H]2c2ccccc2)[C@H]1/C=C/c1ccccc1. The number of hydrogen-bond acceptors (Lipinski definition) is 6.